The number of nitrogens with zero attached hydrogens (tertiary/aromatic N) is 4. The van der Waals surface area contributed by atoms with E-state index >= 15 is 0 Å². The van der Waals surface area contributed by atoms with Crippen molar-refractivity contribution < 1.29 is 23.0 Å². The van der Waals surface area contributed by atoms with E-state index in [0.29, 0.717) is 5.56 Å². The highest BCUT2D eigenvalue weighted by Crippen LogP contribution is 2.30. The lowest BCUT2D eigenvalue weighted by Gasteiger charge is -2.56. The zero-order valence-corrected chi connectivity index (χ0v) is 22.8. The minimum absolute atomic E-state index is 0.0508. The summed E-state index contributed by atoms with van der Waals surface area (Å²) in [5.74, 6) is -0.191. The van der Waals surface area contributed by atoms with Crippen LogP contribution in [0.1, 0.15) is 50.0 Å². The van der Waals surface area contributed by atoms with Crippen LogP contribution in [0.3, 0.4) is 0 Å². The molecule has 4 bridgehead atoms. The Morgan fingerprint density at radius 3 is 2.00 bits per heavy atom. The summed E-state index contributed by atoms with van der Waals surface area (Å²) in [7, 11) is 0. The number of fused-ring (bicyclic) bond motifs is 6. The van der Waals surface area contributed by atoms with Gasteiger partial charge in [-0.2, -0.15) is 0 Å². The van der Waals surface area contributed by atoms with Crippen molar-refractivity contribution in [3.63, 3.8) is 0 Å². The van der Waals surface area contributed by atoms with E-state index < -0.39 is 0 Å². The molecule has 0 saturated carbocycles. The highest BCUT2D eigenvalue weighted by molar-refractivity contribution is 5.89. The SMILES string of the molecule is C[C@@H](OC(=O)c1cccc(C[N+]23CC[N+](CCC[N+]45CCN(CC4)CC5)(CC2)CC3)c1)C(C)(C)C. The van der Waals surface area contributed by atoms with E-state index in [9.17, 15) is 4.79 Å². The minimum Gasteiger partial charge on any atom is -0.459 e. The third kappa shape index (κ3) is 5.46. The molecule has 6 saturated heterocycles. The smallest absolute Gasteiger partial charge is 0.338 e. The second kappa shape index (κ2) is 9.44. The molecule has 35 heavy (non-hydrogen) atoms. The van der Waals surface area contributed by atoms with Gasteiger partial charge in [0.2, 0.25) is 0 Å². The first-order valence-electron chi connectivity index (χ1n) is 14.2. The fourth-order valence-corrected chi connectivity index (χ4v) is 6.91. The molecule has 6 heteroatoms. The summed E-state index contributed by atoms with van der Waals surface area (Å²) in [6.07, 6.45) is 1.29. The number of carbonyl (C=O) groups is 1. The van der Waals surface area contributed by atoms with E-state index in [4.69, 9.17) is 4.74 Å². The van der Waals surface area contributed by atoms with Crippen LogP contribution in [0.25, 0.3) is 0 Å². The maximum absolute atomic E-state index is 12.8. The van der Waals surface area contributed by atoms with Crippen molar-refractivity contribution in [3.05, 3.63) is 35.4 Å². The molecule has 6 nitrogen and oxygen atoms in total. The second-order valence-corrected chi connectivity index (χ2v) is 13.5. The van der Waals surface area contributed by atoms with Crippen molar-refractivity contribution in [3.8, 4) is 0 Å². The number of ether oxygens (including phenoxy) is 1. The number of rotatable bonds is 8. The van der Waals surface area contributed by atoms with Crippen LogP contribution in [0.5, 0.6) is 0 Å². The van der Waals surface area contributed by atoms with Crippen LogP contribution in [-0.2, 0) is 11.3 Å². The quantitative estimate of drug-likeness (QED) is 0.419. The zero-order valence-electron chi connectivity index (χ0n) is 22.8. The maximum Gasteiger partial charge on any atom is 0.338 e. The molecule has 1 aromatic rings. The number of hydrogen-bond acceptors (Lipinski definition) is 3. The van der Waals surface area contributed by atoms with Gasteiger partial charge in [-0.25, -0.2) is 4.79 Å². The lowest BCUT2D eigenvalue weighted by atomic mass is 9.90. The molecular weight excluding hydrogens is 436 g/mol. The van der Waals surface area contributed by atoms with Gasteiger partial charge in [0.25, 0.3) is 0 Å². The molecule has 194 valence electrons. The Balaban J connectivity index is 1.14. The van der Waals surface area contributed by atoms with Gasteiger partial charge in [-0.05, 0) is 24.5 Å². The Hall–Kier alpha value is -1.47. The van der Waals surface area contributed by atoms with Crippen molar-refractivity contribution in [1.29, 1.82) is 0 Å². The maximum atomic E-state index is 12.8. The van der Waals surface area contributed by atoms with E-state index in [2.05, 4.69) is 37.8 Å². The molecule has 1 atom stereocenters. The fourth-order valence-electron chi connectivity index (χ4n) is 6.91. The molecule has 6 fully saturated rings. The summed E-state index contributed by atoms with van der Waals surface area (Å²) < 4.78 is 9.74. The molecule has 0 aromatic heterocycles. The first-order chi connectivity index (χ1) is 16.6. The highest BCUT2D eigenvalue weighted by Gasteiger charge is 2.49. The van der Waals surface area contributed by atoms with Crippen molar-refractivity contribution >= 4 is 5.97 Å². The molecule has 0 amide bonds. The van der Waals surface area contributed by atoms with Gasteiger partial charge in [-0.15, -0.1) is 0 Å². The Bertz CT molecular complexity index is 877. The van der Waals surface area contributed by atoms with E-state index in [0.717, 1.165) is 6.54 Å². The molecule has 0 unspecified atom stereocenters. The number of esters is 1. The summed E-state index contributed by atoms with van der Waals surface area (Å²) >= 11 is 0. The molecule has 0 spiro atoms. The van der Waals surface area contributed by atoms with Crippen molar-refractivity contribution in [2.45, 2.75) is 46.8 Å². The molecule has 0 radical (unpaired) electrons. The predicted molar refractivity (Wildman–Crippen MR) is 140 cm³/mol. The average Bonchev–Trinajstić information content (AvgIpc) is 2.86. The lowest BCUT2D eigenvalue weighted by molar-refractivity contribution is -1.09. The predicted octanol–water partition coefficient (Wildman–Crippen LogP) is 2.97. The standard InChI is InChI=1S/C29H49N4O2/c1-25(29(2,3)4)35-28(34)27-8-5-7-26(23-27)24-33-20-17-32(18-21-33,19-22-33)13-6-12-31-14-9-30(10-15-31)11-16-31/h5,7-8,23,25H,6,9-22,24H2,1-4H3/q+3/t25-,32?,33?/m1/s1. The van der Waals surface area contributed by atoms with Gasteiger partial charge < -0.3 is 18.2 Å². The topological polar surface area (TPSA) is 29.5 Å². The number of carbonyl (C=O) groups excluding carboxylic acids is 1. The van der Waals surface area contributed by atoms with Crippen LogP contribution < -0.4 is 0 Å². The third-order valence-corrected chi connectivity index (χ3v) is 10.3. The summed E-state index contributed by atoms with van der Waals surface area (Å²) in [4.78, 5) is 15.4. The lowest BCUT2D eigenvalue weighted by Crippen LogP contribution is -2.75. The van der Waals surface area contributed by atoms with E-state index in [1.54, 1.807) is 0 Å². The first-order valence-corrected chi connectivity index (χ1v) is 14.2. The van der Waals surface area contributed by atoms with Crippen LogP contribution in [0.2, 0.25) is 0 Å². The number of quaternary nitrogens is 3. The molecule has 6 aliphatic rings. The second-order valence-electron chi connectivity index (χ2n) is 13.5. The molecule has 1 aromatic carbocycles. The summed E-state index contributed by atoms with van der Waals surface area (Å²) in [6.45, 7) is 28.2. The van der Waals surface area contributed by atoms with Crippen LogP contribution >= 0.6 is 0 Å². The van der Waals surface area contributed by atoms with Crippen molar-refractivity contribution in [1.82, 2.24) is 4.90 Å². The van der Waals surface area contributed by atoms with E-state index in [1.165, 1.54) is 117 Å². The highest BCUT2D eigenvalue weighted by atomic mass is 16.5. The van der Waals surface area contributed by atoms with Gasteiger partial charge in [0.15, 0.2) is 0 Å². The largest absolute Gasteiger partial charge is 0.459 e. The summed E-state index contributed by atoms with van der Waals surface area (Å²) in [5, 5.41) is 0. The van der Waals surface area contributed by atoms with E-state index in [1.807, 2.05) is 19.1 Å². The van der Waals surface area contributed by atoms with Crippen molar-refractivity contribution in [2.75, 3.05) is 91.6 Å². The Morgan fingerprint density at radius 2 is 1.43 bits per heavy atom. The van der Waals surface area contributed by atoms with E-state index in [-0.39, 0.29) is 17.5 Å². The third-order valence-electron chi connectivity index (χ3n) is 10.3. The average molecular weight is 486 g/mol. The Kier molecular flexibility index (Phi) is 6.79. The van der Waals surface area contributed by atoms with Crippen LogP contribution in [-0.4, -0.2) is 122 Å². The van der Waals surface area contributed by atoms with Crippen molar-refractivity contribution in [2.24, 2.45) is 5.41 Å². The minimum atomic E-state index is -0.191. The number of hydrogen-bond donors (Lipinski definition) is 0. The monoisotopic (exact) mass is 485 g/mol. The van der Waals surface area contributed by atoms with Gasteiger partial charge in [0.05, 0.1) is 38.3 Å². The molecule has 6 heterocycles. The molecule has 6 aliphatic heterocycles. The normalized spacial score (nSPS) is 35.1. The van der Waals surface area contributed by atoms with Gasteiger partial charge in [-0.3, -0.25) is 4.90 Å². The summed E-state index contributed by atoms with van der Waals surface area (Å²) in [6, 6.07) is 8.23. The van der Waals surface area contributed by atoms with Gasteiger partial charge >= 0.3 is 5.97 Å². The number of benzene rings is 1. The van der Waals surface area contributed by atoms with Crippen LogP contribution in [0.4, 0.5) is 0 Å². The zero-order chi connectivity index (χ0) is 24.7. The van der Waals surface area contributed by atoms with Gasteiger partial charge in [-0.1, -0.05) is 32.9 Å². The Labute approximate surface area is 213 Å². The first kappa shape index (κ1) is 25.2. The van der Waals surface area contributed by atoms with Gasteiger partial charge in [0, 0.05) is 31.6 Å². The summed E-state index contributed by atoms with van der Waals surface area (Å²) in [5.41, 5.74) is 1.93. The fraction of sp³-hybridized carbons (Fsp3) is 0.759. The molecule has 0 aliphatic carbocycles. The number of piperazine rings is 6. The molecular formula is C29H49N4O2+3. The molecule has 0 N–H and O–H groups in total. The van der Waals surface area contributed by atoms with Crippen LogP contribution in [0.15, 0.2) is 24.3 Å². The molecule has 7 rings (SSSR count). The van der Waals surface area contributed by atoms with Gasteiger partial charge in [0.1, 0.15) is 51.9 Å². The Morgan fingerprint density at radius 1 is 0.886 bits per heavy atom. The van der Waals surface area contributed by atoms with Crippen LogP contribution in [0, 0.1) is 5.41 Å².